The van der Waals surface area contributed by atoms with E-state index in [4.69, 9.17) is 5.11 Å². The van der Waals surface area contributed by atoms with Crippen LogP contribution >= 0.6 is 11.8 Å². The summed E-state index contributed by atoms with van der Waals surface area (Å²) in [7, 11) is 0. The first-order chi connectivity index (χ1) is 9.49. The Morgan fingerprint density at radius 3 is 2.85 bits per heavy atom. The minimum Gasteiger partial charge on any atom is -0.481 e. The van der Waals surface area contributed by atoms with E-state index in [1.54, 1.807) is 19.1 Å². The molecule has 0 spiro atoms. The lowest BCUT2D eigenvalue weighted by atomic mass is 10.0. The summed E-state index contributed by atoms with van der Waals surface area (Å²) >= 11 is 1.26. The van der Waals surface area contributed by atoms with E-state index in [1.807, 2.05) is 0 Å². The summed E-state index contributed by atoms with van der Waals surface area (Å²) in [6, 6.07) is 6.20. The molecule has 0 saturated carbocycles. The highest BCUT2D eigenvalue weighted by Gasteiger charge is 2.13. The fourth-order valence-corrected chi connectivity index (χ4v) is 2.26. The minimum atomic E-state index is -0.860. The number of rotatable bonds is 8. The summed E-state index contributed by atoms with van der Waals surface area (Å²) in [5.74, 6) is -0.924. The van der Waals surface area contributed by atoms with E-state index in [0.29, 0.717) is 18.7 Å². The van der Waals surface area contributed by atoms with Crippen LogP contribution < -0.4 is 5.32 Å². The largest absolute Gasteiger partial charge is 0.481 e. The monoisotopic (exact) mass is 299 g/mol. The van der Waals surface area contributed by atoms with Gasteiger partial charge in [-0.3, -0.25) is 9.59 Å². The molecule has 2 N–H and O–H groups in total. The van der Waals surface area contributed by atoms with Gasteiger partial charge in [0.1, 0.15) is 5.82 Å². The van der Waals surface area contributed by atoms with Gasteiger partial charge in [0, 0.05) is 18.2 Å². The third kappa shape index (κ3) is 6.56. The van der Waals surface area contributed by atoms with Crippen LogP contribution in [0.15, 0.2) is 24.3 Å². The molecule has 0 radical (unpaired) electrons. The van der Waals surface area contributed by atoms with Crippen molar-refractivity contribution in [3.05, 3.63) is 35.6 Å². The first-order valence-electron chi connectivity index (χ1n) is 6.30. The summed E-state index contributed by atoms with van der Waals surface area (Å²) in [6.07, 6.45) is 0.478. The van der Waals surface area contributed by atoms with Crippen molar-refractivity contribution in [2.75, 3.05) is 18.1 Å². The van der Waals surface area contributed by atoms with Gasteiger partial charge < -0.3 is 10.4 Å². The van der Waals surface area contributed by atoms with Gasteiger partial charge in [0.2, 0.25) is 5.91 Å². The van der Waals surface area contributed by atoms with Gasteiger partial charge in [0.05, 0.1) is 5.75 Å². The lowest BCUT2D eigenvalue weighted by Gasteiger charge is -2.12. The number of thioether (sulfide) groups is 1. The number of carboxylic acids is 1. The van der Waals surface area contributed by atoms with Crippen LogP contribution in [0.2, 0.25) is 0 Å². The molecule has 0 aliphatic heterocycles. The number of aliphatic carboxylic acids is 1. The first-order valence-corrected chi connectivity index (χ1v) is 7.46. The number of nitrogens with one attached hydrogen (secondary N) is 1. The van der Waals surface area contributed by atoms with Crippen molar-refractivity contribution in [1.29, 1.82) is 0 Å². The molecule has 0 aliphatic carbocycles. The number of carboxylic acid groups (broad SMARTS) is 1. The summed E-state index contributed by atoms with van der Waals surface area (Å²) in [5, 5.41) is 11.2. The minimum absolute atomic E-state index is 0.0364. The van der Waals surface area contributed by atoms with Crippen molar-refractivity contribution in [1.82, 2.24) is 5.32 Å². The molecule has 0 heterocycles. The Morgan fingerprint density at radius 1 is 1.45 bits per heavy atom. The zero-order chi connectivity index (χ0) is 15.0. The third-order valence-electron chi connectivity index (χ3n) is 2.65. The molecule has 1 amide bonds. The number of carbonyl (C=O) groups excluding carboxylic acids is 1. The average molecular weight is 299 g/mol. The van der Waals surface area contributed by atoms with Gasteiger partial charge in [-0.2, -0.15) is 0 Å². The summed E-state index contributed by atoms with van der Waals surface area (Å²) in [6.45, 7) is 2.22. The molecular formula is C14H18FNO3S. The zero-order valence-electron chi connectivity index (χ0n) is 11.3. The highest BCUT2D eigenvalue weighted by molar-refractivity contribution is 7.99. The quantitative estimate of drug-likeness (QED) is 0.720. The maximum atomic E-state index is 13.0. The molecule has 1 unspecified atom stereocenters. The molecule has 6 heteroatoms. The molecule has 1 aromatic carbocycles. The summed E-state index contributed by atoms with van der Waals surface area (Å²) in [5.41, 5.74) is 0.785. The Morgan fingerprint density at radius 2 is 2.20 bits per heavy atom. The van der Waals surface area contributed by atoms with E-state index < -0.39 is 5.97 Å². The van der Waals surface area contributed by atoms with Crippen molar-refractivity contribution in [2.45, 2.75) is 13.3 Å². The Kier molecular flexibility index (Phi) is 7.08. The number of hydrogen-bond acceptors (Lipinski definition) is 3. The number of hydrogen-bond donors (Lipinski definition) is 2. The fourth-order valence-electron chi connectivity index (χ4n) is 1.69. The van der Waals surface area contributed by atoms with E-state index in [2.05, 4.69) is 5.32 Å². The Balaban J connectivity index is 2.27. The molecule has 110 valence electrons. The van der Waals surface area contributed by atoms with Gasteiger partial charge in [-0.15, -0.1) is 11.8 Å². The fraction of sp³-hybridized carbons (Fsp3) is 0.429. The topological polar surface area (TPSA) is 66.4 Å². The van der Waals surface area contributed by atoms with Gasteiger partial charge in [-0.25, -0.2) is 4.39 Å². The van der Waals surface area contributed by atoms with E-state index in [-0.39, 0.29) is 23.4 Å². The normalized spacial score (nSPS) is 11.9. The Labute approximate surface area is 121 Å². The summed E-state index contributed by atoms with van der Waals surface area (Å²) < 4.78 is 13.0. The number of amides is 1. The lowest BCUT2D eigenvalue weighted by molar-refractivity contribution is -0.133. The van der Waals surface area contributed by atoms with Crippen LogP contribution in [0.5, 0.6) is 0 Å². The number of halogens is 1. The van der Waals surface area contributed by atoms with Crippen LogP contribution in [-0.2, 0) is 16.0 Å². The molecule has 0 saturated heterocycles. The van der Waals surface area contributed by atoms with Crippen LogP contribution in [0.4, 0.5) is 4.39 Å². The molecule has 0 aromatic heterocycles. The number of carbonyl (C=O) groups is 2. The Hall–Kier alpha value is -1.56. The predicted molar refractivity (Wildman–Crippen MR) is 77.2 cm³/mol. The predicted octanol–water partition coefficient (Wildman–Crippen LogP) is 1.94. The van der Waals surface area contributed by atoms with E-state index in [9.17, 15) is 14.0 Å². The molecule has 1 aromatic rings. The third-order valence-corrected chi connectivity index (χ3v) is 3.59. The second kappa shape index (κ2) is 8.58. The Bertz CT molecular complexity index is 467. The highest BCUT2D eigenvalue weighted by atomic mass is 32.2. The number of benzene rings is 1. The summed E-state index contributed by atoms with van der Waals surface area (Å²) in [4.78, 5) is 22.1. The average Bonchev–Trinajstić information content (AvgIpc) is 2.37. The second-order valence-electron chi connectivity index (χ2n) is 4.47. The molecule has 1 rings (SSSR count). The molecular weight excluding hydrogens is 281 g/mol. The molecule has 0 fully saturated rings. The van der Waals surface area contributed by atoms with Gasteiger partial charge in [-0.1, -0.05) is 19.1 Å². The molecule has 0 bridgehead atoms. The second-order valence-corrected chi connectivity index (χ2v) is 5.58. The van der Waals surface area contributed by atoms with E-state index in [0.717, 1.165) is 5.56 Å². The smallest absolute Gasteiger partial charge is 0.313 e. The van der Waals surface area contributed by atoms with Crippen LogP contribution in [0.25, 0.3) is 0 Å². The molecule has 1 atom stereocenters. The molecule has 4 nitrogen and oxygen atoms in total. The van der Waals surface area contributed by atoms with Gasteiger partial charge >= 0.3 is 5.97 Å². The first kappa shape index (κ1) is 16.5. The maximum absolute atomic E-state index is 13.0. The zero-order valence-corrected chi connectivity index (χ0v) is 12.1. The maximum Gasteiger partial charge on any atom is 0.313 e. The highest BCUT2D eigenvalue weighted by Crippen LogP contribution is 2.10. The van der Waals surface area contributed by atoms with Crippen molar-refractivity contribution >= 4 is 23.6 Å². The SMILES string of the molecule is CC(Cc1cccc(F)c1)C(=O)NCCSCC(=O)O. The van der Waals surface area contributed by atoms with Crippen LogP contribution in [0.1, 0.15) is 12.5 Å². The van der Waals surface area contributed by atoms with E-state index in [1.165, 1.54) is 23.9 Å². The van der Waals surface area contributed by atoms with Crippen molar-refractivity contribution in [3.8, 4) is 0 Å². The van der Waals surface area contributed by atoms with Gasteiger partial charge in [0.15, 0.2) is 0 Å². The molecule has 20 heavy (non-hydrogen) atoms. The van der Waals surface area contributed by atoms with Crippen LogP contribution in [0.3, 0.4) is 0 Å². The van der Waals surface area contributed by atoms with Crippen LogP contribution in [0, 0.1) is 11.7 Å². The van der Waals surface area contributed by atoms with Crippen LogP contribution in [-0.4, -0.2) is 35.0 Å². The standard InChI is InChI=1S/C14H18FNO3S/c1-10(7-11-3-2-4-12(15)8-11)14(19)16-5-6-20-9-13(17)18/h2-4,8,10H,5-7,9H2,1H3,(H,16,19)(H,17,18). The van der Waals surface area contributed by atoms with Crippen molar-refractivity contribution in [2.24, 2.45) is 5.92 Å². The van der Waals surface area contributed by atoms with Gasteiger partial charge in [0.25, 0.3) is 0 Å². The van der Waals surface area contributed by atoms with E-state index >= 15 is 0 Å². The lowest BCUT2D eigenvalue weighted by Crippen LogP contribution is -2.32. The van der Waals surface area contributed by atoms with Crippen molar-refractivity contribution < 1.29 is 19.1 Å². The van der Waals surface area contributed by atoms with Crippen molar-refractivity contribution in [3.63, 3.8) is 0 Å². The van der Waals surface area contributed by atoms with Gasteiger partial charge in [-0.05, 0) is 24.1 Å². The molecule has 0 aliphatic rings.